The first-order chi connectivity index (χ1) is 11.1. The van der Waals surface area contributed by atoms with Crippen LogP contribution in [0.15, 0.2) is 59.5 Å². The Morgan fingerprint density at radius 2 is 1.74 bits per heavy atom. The fraction of sp³-hybridized carbons (Fsp3) is 0.111. The van der Waals surface area contributed by atoms with Crippen LogP contribution in [-0.4, -0.2) is 18.4 Å². The van der Waals surface area contributed by atoms with Crippen molar-refractivity contribution in [1.82, 2.24) is 5.32 Å². The van der Waals surface area contributed by atoms with Crippen molar-refractivity contribution in [3.63, 3.8) is 0 Å². The van der Waals surface area contributed by atoms with Crippen molar-refractivity contribution in [3.05, 3.63) is 65.7 Å². The second-order valence-electron chi connectivity index (χ2n) is 4.59. The summed E-state index contributed by atoms with van der Waals surface area (Å²) in [5.74, 6) is 4.01. The van der Waals surface area contributed by atoms with Gasteiger partial charge in [-0.05, 0) is 29.8 Å². The highest BCUT2D eigenvalue weighted by Crippen LogP contribution is 2.07. The Kier molecular flexibility index (Phi) is 6.28. The van der Waals surface area contributed by atoms with E-state index >= 15 is 0 Å². The number of esters is 1. The van der Waals surface area contributed by atoms with E-state index in [1.165, 1.54) is 0 Å². The van der Waals surface area contributed by atoms with Gasteiger partial charge in [-0.2, -0.15) is 0 Å². The molecule has 2 aromatic rings. The van der Waals surface area contributed by atoms with E-state index in [-0.39, 0.29) is 19.1 Å². The Morgan fingerprint density at radius 3 is 2.43 bits per heavy atom. The molecule has 23 heavy (non-hydrogen) atoms. The monoisotopic (exact) mass is 325 g/mol. The number of rotatable bonds is 4. The number of nitrogens with one attached hydrogen (secondary N) is 1. The quantitative estimate of drug-likeness (QED) is 0.393. The number of benzene rings is 2. The Morgan fingerprint density at radius 1 is 1.04 bits per heavy atom. The molecule has 5 heteroatoms. The van der Waals surface area contributed by atoms with Crippen LogP contribution in [0.5, 0.6) is 0 Å². The van der Waals surface area contributed by atoms with Crippen LogP contribution in [0.2, 0.25) is 0 Å². The molecule has 0 aliphatic rings. The zero-order chi connectivity index (χ0) is 16.5. The summed E-state index contributed by atoms with van der Waals surface area (Å²) in [5, 5.41) is 2.60. The van der Waals surface area contributed by atoms with Crippen LogP contribution in [0.1, 0.15) is 15.9 Å². The van der Waals surface area contributed by atoms with Gasteiger partial charge in [0.1, 0.15) is 6.61 Å². The molecule has 0 radical (unpaired) electrons. The minimum absolute atomic E-state index is 0.0713. The molecule has 2 rings (SSSR count). The Balaban J connectivity index is 1.73. The summed E-state index contributed by atoms with van der Waals surface area (Å²) in [6.07, 6.45) is 0. The Hall–Kier alpha value is -2.71. The first-order valence-electron chi connectivity index (χ1n) is 6.92. The molecule has 1 amide bonds. The molecule has 0 unspecified atom stereocenters. The Labute approximate surface area is 140 Å². The third-order valence-corrected chi connectivity index (χ3v) is 3.17. The maximum absolute atomic E-state index is 11.8. The van der Waals surface area contributed by atoms with Crippen molar-refractivity contribution in [3.8, 4) is 11.8 Å². The lowest BCUT2D eigenvalue weighted by Gasteiger charge is -2.01. The van der Waals surface area contributed by atoms with Crippen LogP contribution < -0.4 is 5.32 Å². The molecule has 0 aliphatic carbocycles. The summed E-state index contributed by atoms with van der Waals surface area (Å²) < 4.78 is 5.00. The summed E-state index contributed by atoms with van der Waals surface area (Å²) in [6, 6.07) is 16.1. The molecule has 1 N–H and O–H groups in total. The summed E-state index contributed by atoms with van der Waals surface area (Å²) in [4.78, 5) is 24.0. The summed E-state index contributed by atoms with van der Waals surface area (Å²) in [6.45, 7) is 0.249. The van der Waals surface area contributed by atoms with Gasteiger partial charge in [-0.25, -0.2) is 4.79 Å². The van der Waals surface area contributed by atoms with Crippen LogP contribution in [-0.2, 0) is 16.1 Å². The van der Waals surface area contributed by atoms with Crippen molar-refractivity contribution in [2.45, 2.75) is 11.5 Å². The molecule has 0 fully saturated rings. The van der Waals surface area contributed by atoms with Crippen LogP contribution in [0.25, 0.3) is 0 Å². The lowest BCUT2D eigenvalue weighted by atomic mass is 10.2. The van der Waals surface area contributed by atoms with Crippen LogP contribution >= 0.6 is 12.6 Å². The summed E-state index contributed by atoms with van der Waals surface area (Å²) >= 11 is 4.15. The second kappa shape index (κ2) is 8.66. The molecule has 116 valence electrons. The Bertz CT molecular complexity index is 730. The van der Waals surface area contributed by atoms with Gasteiger partial charge >= 0.3 is 5.97 Å². The highest BCUT2D eigenvalue weighted by molar-refractivity contribution is 7.80. The minimum Gasteiger partial charge on any atom is -0.451 e. The molecule has 0 atom stereocenters. The lowest BCUT2D eigenvalue weighted by Crippen LogP contribution is -2.23. The van der Waals surface area contributed by atoms with Crippen LogP contribution in [0.4, 0.5) is 0 Å². The van der Waals surface area contributed by atoms with E-state index < -0.39 is 5.97 Å². The van der Waals surface area contributed by atoms with Gasteiger partial charge in [0.2, 0.25) is 0 Å². The standard InChI is InChI=1S/C18H15NO3S/c20-17(22-13-14-5-2-1-3-6-14)7-4-12-19-18(21)15-8-10-16(23)11-9-15/h1-3,5-6,8-11,23H,12-13H2,(H,19,21). The van der Waals surface area contributed by atoms with Gasteiger partial charge in [0, 0.05) is 16.4 Å². The zero-order valence-corrected chi connectivity index (χ0v) is 13.2. The molecular weight excluding hydrogens is 310 g/mol. The van der Waals surface area contributed by atoms with Gasteiger partial charge in [-0.1, -0.05) is 36.3 Å². The van der Waals surface area contributed by atoms with Crippen molar-refractivity contribution in [1.29, 1.82) is 0 Å². The van der Waals surface area contributed by atoms with Crippen molar-refractivity contribution in [2.24, 2.45) is 0 Å². The van der Waals surface area contributed by atoms with Crippen LogP contribution in [0, 0.1) is 11.8 Å². The predicted molar refractivity (Wildman–Crippen MR) is 90.0 cm³/mol. The number of ether oxygens (including phenoxy) is 1. The van der Waals surface area contributed by atoms with Gasteiger partial charge in [0.05, 0.1) is 6.54 Å². The van der Waals surface area contributed by atoms with E-state index in [0.29, 0.717) is 5.56 Å². The molecule has 4 nitrogen and oxygen atoms in total. The predicted octanol–water partition coefficient (Wildman–Crippen LogP) is 2.45. The van der Waals surface area contributed by atoms with E-state index in [1.54, 1.807) is 24.3 Å². The van der Waals surface area contributed by atoms with Gasteiger partial charge in [0.25, 0.3) is 5.91 Å². The first-order valence-corrected chi connectivity index (χ1v) is 7.36. The van der Waals surface area contributed by atoms with Crippen molar-refractivity contribution in [2.75, 3.05) is 6.54 Å². The summed E-state index contributed by atoms with van der Waals surface area (Å²) in [7, 11) is 0. The number of thiol groups is 1. The van der Waals surface area contributed by atoms with E-state index in [0.717, 1.165) is 10.5 Å². The van der Waals surface area contributed by atoms with E-state index in [9.17, 15) is 9.59 Å². The maximum Gasteiger partial charge on any atom is 0.384 e. The highest BCUT2D eigenvalue weighted by Gasteiger charge is 2.03. The zero-order valence-electron chi connectivity index (χ0n) is 12.3. The number of amides is 1. The average Bonchev–Trinajstić information content (AvgIpc) is 2.58. The minimum atomic E-state index is -0.623. The third kappa shape index (κ3) is 5.89. The largest absolute Gasteiger partial charge is 0.451 e. The van der Waals surface area contributed by atoms with Crippen molar-refractivity contribution >= 4 is 24.5 Å². The van der Waals surface area contributed by atoms with Gasteiger partial charge in [-0.3, -0.25) is 4.79 Å². The van der Waals surface area contributed by atoms with Gasteiger partial charge in [0.15, 0.2) is 0 Å². The second-order valence-corrected chi connectivity index (χ2v) is 5.11. The maximum atomic E-state index is 11.8. The van der Waals surface area contributed by atoms with Crippen molar-refractivity contribution < 1.29 is 14.3 Å². The summed E-state index contributed by atoms with van der Waals surface area (Å²) in [5.41, 5.74) is 1.40. The number of carbonyl (C=O) groups is 2. The average molecular weight is 325 g/mol. The molecule has 0 aromatic heterocycles. The molecule has 0 saturated heterocycles. The molecule has 0 spiro atoms. The molecule has 2 aromatic carbocycles. The van der Waals surface area contributed by atoms with Crippen LogP contribution in [0.3, 0.4) is 0 Å². The number of hydrogen-bond acceptors (Lipinski definition) is 4. The number of hydrogen-bond donors (Lipinski definition) is 2. The topological polar surface area (TPSA) is 55.4 Å². The fourth-order valence-corrected chi connectivity index (χ4v) is 1.86. The first kappa shape index (κ1) is 16.7. The van der Waals surface area contributed by atoms with Gasteiger partial charge in [-0.15, -0.1) is 12.6 Å². The molecular formula is C18H15NO3S. The molecule has 0 bridgehead atoms. The van der Waals surface area contributed by atoms with E-state index in [2.05, 4.69) is 29.8 Å². The normalized spacial score (nSPS) is 9.43. The number of carbonyl (C=O) groups excluding carboxylic acids is 2. The molecule has 0 aliphatic heterocycles. The smallest absolute Gasteiger partial charge is 0.384 e. The van der Waals surface area contributed by atoms with E-state index in [4.69, 9.17) is 4.74 Å². The molecule has 0 saturated carbocycles. The van der Waals surface area contributed by atoms with Gasteiger partial charge < -0.3 is 10.1 Å². The fourth-order valence-electron chi connectivity index (χ4n) is 1.71. The lowest BCUT2D eigenvalue weighted by molar-refractivity contribution is -0.137. The molecule has 0 heterocycles. The third-order valence-electron chi connectivity index (χ3n) is 2.87. The highest BCUT2D eigenvalue weighted by atomic mass is 32.1. The SMILES string of the molecule is O=C(C#CCNC(=O)c1ccc(S)cc1)OCc1ccccc1. The van der Waals surface area contributed by atoms with E-state index in [1.807, 2.05) is 30.3 Å².